The van der Waals surface area contributed by atoms with E-state index in [9.17, 15) is 19.2 Å². The molecule has 1 saturated heterocycles. The Morgan fingerprint density at radius 3 is 1.56 bits per heavy atom. The van der Waals surface area contributed by atoms with Crippen molar-refractivity contribution < 1.29 is 42.9 Å². The maximum Gasteiger partial charge on any atom is 0.303 e. The van der Waals surface area contributed by atoms with Crippen LogP contribution < -0.4 is 0 Å². The van der Waals surface area contributed by atoms with E-state index in [-0.39, 0.29) is 6.61 Å². The van der Waals surface area contributed by atoms with Crippen molar-refractivity contribution in [1.29, 1.82) is 0 Å². The van der Waals surface area contributed by atoms with E-state index in [1.165, 1.54) is 27.7 Å². The summed E-state index contributed by atoms with van der Waals surface area (Å²) >= 11 is 0. The molecule has 1 aliphatic heterocycles. The van der Waals surface area contributed by atoms with Gasteiger partial charge in [0.05, 0.1) is 6.10 Å². The molecule has 0 aromatic rings. The van der Waals surface area contributed by atoms with Crippen LogP contribution in [0, 0.1) is 0 Å². The Labute approximate surface area is 145 Å². The van der Waals surface area contributed by atoms with E-state index in [1.54, 1.807) is 6.92 Å². The lowest BCUT2D eigenvalue weighted by atomic mass is 9.93. The number of rotatable bonds is 6. The molecule has 9 nitrogen and oxygen atoms in total. The van der Waals surface area contributed by atoms with Crippen molar-refractivity contribution in [1.82, 2.24) is 0 Å². The summed E-state index contributed by atoms with van der Waals surface area (Å²) in [4.78, 5) is 45.5. The average Bonchev–Trinajstić information content (AvgIpc) is 2.48. The monoisotopic (exact) mass is 360 g/mol. The Morgan fingerprint density at radius 2 is 1.16 bits per heavy atom. The zero-order valence-corrected chi connectivity index (χ0v) is 15.0. The standard InChI is InChI=1S/C16H24O9/c1-6-12-14(22-9(3)18)16(24-11(5)20)15(23-10(4)19)13(25-12)7-21-8(2)17/h12-16H,6-7H2,1-5H3. The number of carbonyl (C=O) groups is 4. The van der Waals surface area contributed by atoms with Gasteiger partial charge in [-0.25, -0.2) is 0 Å². The van der Waals surface area contributed by atoms with Crippen molar-refractivity contribution in [3.8, 4) is 0 Å². The minimum Gasteiger partial charge on any atom is -0.463 e. The third-order valence-electron chi connectivity index (χ3n) is 3.49. The summed E-state index contributed by atoms with van der Waals surface area (Å²) in [7, 11) is 0. The van der Waals surface area contributed by atoms with Crippen molar-refractivity contribution in [3.05, 3.63) is 0 Å². The van der Waals surface area contributed by atoms with Crippen LogP contribution in [0.15, 0.2) is 0 Å². The van der Waals surface area contributed by atoms with Gasteiger partial charge in [-0.1, -0.05) is 6.92 Å². The molecule has 0 bridgehead atoms. The number of carbonyl (C=O) groups excluding carboxylic acids is 4. The van der Waals surface area contributed by atoms with Crippen molar-refractivity contribution in [3.63, 3.8) is 0 Å². The second-order valence-electron chi connectivity index (χ2n) is 5.65. The van der Waals surface area contributed by atoms with Crippen LogP contribution in [0.3, 0.4) is 0 Å². The molecule has 0 aliphatic carbocycles. The van der Waals surface area contributed by atoms with Crippen molar-refractivity contribution >= 4 is 23.9 Å². The lowest BCUT2D eigenvalue weighted by Gasteiger charge is -2.44. The van der Waals surface area contributed by atoms with E-state index in [4.69, 9.17) is 23.7 Å². The Bertz CT molecular complexity index is 516. The van der Waals surface area contributed by atoms with Gasteiger partial charge in [-0.3, -0.25) is 19.2 Å². The molecule has 5 atom stereocenters. The summed E-state index contributed by atoms with van der Waals surface area (Å²) in [6.45, 7) is 6.40. The first-order valence-electron chi connectivity index (χ1n) is 7.96. The number of ether oxygens (including phenoxy) is 5. The number of esters is 4. The van der Waals surface area contributed by atoms with Gasteiger partial charge in [-0.2, -0.15) is 0 Å². The summed E-state index contributed by atoms with van der Waals surface area (Å²) in [5.41, 5.74) is 0. The van der Waals surface area contributed by atoms with Crippen LogP contribution >= 0.6 is 0 Å². The largest absolute Gasteiger partial charge is 0.463 e. The lowest BCUT2D eigenvalue weighted by molar-refractivity contribution is -0.252. The predicted molar refractivity (Wildman–Crippen MR) is 82.2 cm³/mol. The molecular formula is C16H24O9. The smallest absolute Gasteiger partial charge is 0.303 e. The summed E-state index contributed by atoms with van der Waals surface area (Å²) in [6.07, 6.45) is -4.18. The topological polar surface area (TPSA) is 114 Å². The molecular weight excluding hydrogens is 336 g/mol. The van der Waals surface area contributed by atoms with Crippen molar-refractivity contribution in [2.75, 3.05) is 6.61 Å². The zero-order chi connectivity index (χ0) is 19.1. The molecule has 25 heavy (non-hydrogen) atoms. The first kappa shape index (κ1) is 20.9. The van der Waals surface area contributed by atoms with E-state index in [2.05, 4.69) is 0 Å². The molecule has 0 amide bonds. The highest BCUT2D eigenvalue weighted by atomic mass is 16.7. The van der Waals surface area contributed by atoms with Crippen LogP contribution in [-0.2, 0) is 42.9 Å². The normalized spacial score (nSPS) is 28.6. The molecule has 5 unspecified atom stereocenters. The molecule has 0 radical (unpaired) electrons. The van der Waals surface area contributed by atoms with Gasteiger partial charge in [0.2, 0.25) is 0 Å². The summed E-state index contributed by atoms with van der Waals surface area (Å²) in [5.74, 6) is -2.41. The van der Waals surface area contributed by atoms with E-state index >= 15 is 0 Å². The molecule has 0 N–H and O–H groups in total. The fourth-order valence-electron chi connectivity index (χ4n) is 2.65. The molecule has 1 aliphatic rings. The Hall–Kier alpha value is -2.16. The predicted octanol–water partition coefficient (Wildman–Crippen LogP) is 0.522. The summed E-state index contributed by atoms with van der Waals surface area (Å²) in [6, 6.07) is 0. The maximum absolute atomic E-state index is 11.5. The molecule has 1 fully saturated rings. The highest BCUT2D eigenvalue weighted by molar-refractivity contribution is 5.68. The highest BCUT2D eigenvalue weighted by Gasteiger charge is 2.51. The van der Waals surface area contributed by atoms with Gasteiger partial charge >= 0.3 is 23.9 Å². The molecule has 0 saturated carbocycles. The molecule has 1 rings (SSSR count). The third-order valence-corrected chi connectivity index (χ3v) is 3.49. The third kappa shape index (κ3) is 6.33. The van der Waals surface area contributed by atoms with Crippen LogP contribution in [0.2, 0.25) is 0 Å². The average molecular weight is 360 g/mol. The molecule has 9 heteroatoms. The van der Waals surface area contributed by atoms with Gasteiger partial charge in [0.15, 0.2) is 18.3 Å². The SMILES string of the molecule is CCC1OC(COC(C)=O)C(OC(C)=O)C(OC(C)=O)C1OC(C)=O. The highest BCUT2D eigenvalue weighted by Crippen LogP contribution is 2.30. The van der Waals surface area contributed by atoms with Gasteiger partial charge in [0, 0.05) is 27.7 Å². The summed E-state index contributed by atoms with van der Waals surface area (Å²) in [5, 5.41) is 0. The van der Waals surface area contributed by atoms with Gasteiger partial charge in [-0.05, 0) is 6.42 Å². The minimum absolute atomic E-state index is 0.200. The number of hydrogen-bond acceptors (Lipinski definition) is 9. The number of hydrogen-bond donors (Lipinski definition) is 0. The summed E-state index contributed by atoms with van der Waals surface area (Å²) < 4.78 is 26.5. The van der Waals surface area contributed by atoms with Crippen molar-refractivity contribution in [2.45, 2.75) is 71.6 Å². The van der Waals surface area contributed by atoms with E-state index in [0.29, 0.717) is 6.42 Å². The first-order chi connectivity index (χ1) is 11.6. The molecule has 0 aromatic heterocycles. The quantitative estimate of drug-likeness (QED) is 0.494. The van der Waals surface area contributed by atoms with Gasteiger partial charge in [0.25, 0.3) is 0 Å². The Kier molecular flexibility index (Phi) is 7.82. The van der Waals surface area contributed by atoms with Crippen LogP contribution in [-0.4, -0.2) is 61.0 Å². The Balaban J connectivity index is 3.18. The molecule has 0 aromatic carbocycles. The van der Waals surface area contributed by atoms with E-state index < -0.39 is 54.4 Å². The maximum atomic E-state index is 11.5. The fraction of sp³-hybridized carbons (Fsp3) is 0.750. The second kappa shape index (κ2) is 9.36. The van der Waals surface area contributed by atoms with Crippen LogP contribution in [0.1, 0.15) is 41.0 Å². The minimum atomic E-state index is -1.09. The van der Waals surface area contributed by atoms with Crippen LogP contribution in [0.4, 0.5) is 0 Å². The van der Waals surface area contributed by atoms with Crippen LogP contribution in [0.5, 0.6) is 0 Å². The fourth-order valence-corrected chi connectivity index (χ4v) is 2.65. The Morgan fingerprint density at radius 1 is 0.720 bits per heavy atom. The van der Waals surface area contributed by atoms with Gasteiger partial charge in [0.1, 0.15) is 12.7 Å². The van der Waals surface area contributed by atoms with Gasteiger partial charge < -0.3 is 23.7 Å². The first-order valence-corrected chi connectivity index (χ1v) is 7.96. The van der Waals surface area contributed by atoms with E-state index in [1.807, 2.05) is 0 Å². The zero-order valence-electron chi connectivity index (χ0n) is 15.0. The molecule has 142 valence electrons. The second-order valence-corrected chi connectivity index (χ2v) is 5.65. The molecule has 0 spiro atoms. The lowest BCUT2D eigenvalue weighted by Crippen LogP contribution is -2.62. The molecule has 1 heterocycles. The van der Waals surface area contributed by atoms with Crippen LogP contribution in [0.25, 0.3) is 0 Å². The van der Waals surface area contributed by atoms with E-state index in [0.717, 1.165) is 0 Å². The van der Waals surface area contributed by atoms with Crippen molar-refractivity contribution in [2.24, 2.45) is 0 Å². The van der Waals surface area contributed by atoms with Gasteiger partial charge in [-0.15, -0.1) is 0 Å².